The number of aromatic nitrogens is 6. The SMILES string of the molecule is CC(C)n1ncc2cc(NC(=O)c3ccc(-n4cncn4)cc3)cnc21. The Bertz CT molecular complexity index is 1050. The van der Waals surface area contributed by atoms with Gasteiger partial charge in [-0.25, -0.2) is 19.3 Å². The molecule has 0 fully saturated rings. The quantitative estimate of drug-likeness (QED) is 0.613. The third-order valence-corrected chi connectivity index (χ3v) is 3.99. The fourth-order valence-corrected chi connectivity index (χ4v) is 2.70. The second-order valence-corrected chi connectivity index (χ2v) is 6.16. The van der Waals surface area contributed by atoms with Crippen molar-refractivity contribution in [2.75, 3.05) is 5.32 Å². The second-order valence-electron chi connectivity index (χ2n) is 6.16. The van der Waals surface area contributed by atoms with E-state index in [0.717, 1.165) is 16.7 Å². The Morgan fingerprint density at radius 2 is 1.92 bits per heavy atom. The van der Waals surface area contributed by atoms with Gasteiger partial charge in [0.2, 0.25) is 0 Å². The topological polar surface area (TPSA) is 90.5 Å². The van der Waals surface area contributed by atoms with Gasteiger partial charge in [0.25, 0.3) is 5.91 Å². The van der Waals surface area contributed by atoms with Crippen molar-refractivity contribution in [1.82, 2.24) is 29.5 Å². The Kier molecular flexibility index (Phi) is 3.92. The predicted octanol–water partition coefficient (Wildman–Crippen LogP) is 2.85. The lowest BCUT2D eigenvalue weighted by Crippen LogP contribution is -2.12. The normalized spacial score (nSPS) is 11.2. The number of hydrogen-bond acceptors (Lipinski definition) is 5. The van der Waals surface area contributed by atoms with Gasteiger partial charge in [-0.2, -0.15) is 10.2 Å². The predicted molar refractivity (Wildman–Crippen MR) is 97.2 cm³/mol. The van der Waals surface area contributed by atoms with Crippen molar-refractivity contribution in [2.45, 2.75) is 19.9 Å². The van der Waals surface area contributed by atoms with Gasteiger partial charge in [0.15, 0.2) is 5.65 Å². The summed E-state index contributed by atoms with van der Waals surface area (Å²) >= 11 is 0. The third kappa shape index (κ3) is 2.92. The van der Waals surface area contributed by atoms with Crippen LogP contribution in [0, 0.1) is 0 Å². The number of hydrogen-bond donors (Lipinski definition) is 1. The van der Waals surface area contributed by atoms with Gasteiger partial charge in [0.1, 0.15) is 12.7 Å². The second kappa shape index (κ2) is 6.40. The molecule has 4 aromatic rings. The molecule has 0 spiro atoms. The number of benzene rings is 1. The van der Waals surface area contributed by atoms with Crippen LogP contribution in [0.1, 0.15) is 30.2 Å². The largest absolute Gasteiger partial charge is 0.321 e. The highest BCUT2D eigenvalue weighted by atomic mass is 16.1. The van der Waals surface area contributed by atoms with Crippen molar-refractivity contribution in [1.29, 1.82) is 0 Å². The maximum absolute atomic E-state index is 12.5. The molecule has 0 aliphatic rings. The van der Waals surface area contributed by atoms with Crippen LogP contribution in [0.15, 0.2) is 55.4 Å². The minimum absolute atomic E-state index is 0.201. The molecule has 0 bridgehead atoms. The zero-order valence-corrected chi connectivity index (χ0v) is 14.4. The first kappa shape index (κ1) is 15.9. The number of carbonyl (C=O) groups is 1. The van der Waals surface area contributed by atoms with Crippen molar-refractivity contribution in [3.63, 3.8) is 0 Å². The summed E-state index contributed by atoms with van der Waals surface area (Å²) in [6.07, 6.45) is 6.47. The number of rotatable bonds is 4. The van der Waals surface area contributed by atoms with E-state index in [1.165, 1.54) is 6.33 Å². The minimum Gasteiger partial charge on any atom is -0.321 e. The van der Waals surface area contributed by atoms with E-state index >= 15 is 0 Å². The average Bonchev–Trinajstić information content (AvgIpc) is 3.31. The van der Waals surface area contributed by atoms with E-state index in [4.69, 9.17) is 0 Å². The van der Waals surface area contributed by atoms with Gasteiger partial charge < -0.3 is 5.32 Å². The molecule has 1 amide bonds. The first-order chi connectivity index (χ1) is 12.6. The van der Waals surface area contributed by atoms with Gasteiger partial charge in [-0.15, -0.1) is 0 Å². The van der Waals surface area contributed by atoms with Crippen LogP contribution in [0.2, 0.25) is 0 Å². The maximum Gasteiger partial charge on any atom is 0.255 e. The molecule has 0 saturated carbocycles. The van der Waals surface area contributed by atoms with Crippen molar-refractivity contribution < 1.29 is 4.79 Å². The summed E-state index contributed by atoms with van der Waals surface area (Å²) < 4.78 is 3.48. The first-order valence-corrected chi connectivity index (χ1v) is 8.21. The molecule has 0 saturated heterocycles. The first-order valence-electron chi connectivity index (χ1n) is 8.21. The van der Waals surface area contributed by atoms with Crippen LogP contribution in [-0.4, -0.2) is 35.4 Å². The lowest BCUT2D eigenvalue weighted by Gasteiger charge is -2.08. The Labute approximate surface area is 149 Å². The van der Waals surface area contributed by atoms with Crippen LogP contribution in [0.25, 0.3) is 16.7 Å². The van der Waals surface area contributed by atoms with Gasteiger partial charge in [-0.05, 0) is 44.2 Å². The molecule has 0 atom stereocenters. The van der Waals surface area contributed by atoms with Gasteiger partial charge in [0, 0.05) is 17.0 Å². The zero-order valence-electron chi connectivity index (χ0n) is 14.4. The van der Waals surface area contributed by atoms with E-state index in [1.54, 1.807) is 35.5 Å². The lowest BCUT2D eigenvalue weighted by atomic mass is 10.2. The van der Waals surface area contributed by atoms with E-state index < -0.39 is 0 Å². The summed E-state index contributed by atoms with van der Waals surface area (Å²) in [5, 5.41) is 12.2. The van der Waals surface area contributed by atoms with Crippen molar-refractivity contribution >= 4 is 22.6 Å². The molecule has 130 valence electrons. The number of fused-ring (bicyclic) bond motifs is 1. The number of carbonyl (C=O) groups excluding carboxylic acids is 1. The zero-order chi connectivity index (χ0) is 18.1. The van der Waals surface area contributed by atoms with Crippen LogP contribution >= 0.6 is 0 Å². The van der Waals surface area contributed by atoms with Crippen molar-refractivity contribution in [2.24, 2.45) is 0 Å². The fraction of sp³-hybridized carbons (Fsp3) is 0.167. The summed E-state index contributed by atoms with van der Waals surface area (Å²) in [7, 11) is 0. The number of amides is 1. The van der Waals surface area contributed by atoms with E-state index in [0.29, 0.717) is 11.3 Å². The molecule has 0 radical (unpaired) electrons. The van der Waals surface area contributed by atoms with Crippen LogP contribution in [-0.2, 0) is 0 Å². The maximum atomic E-state index is 12.5. The Morgan fingerprint density at radius 3 is 2.62 bits per heavy atom. The summed E-state index contributed by atoms with van der Waals surface area (Å²) in [6.45, 7) is 4.10. The van der Waals surface area contributed by atoms with Crippen LogP contribution in [0.3, 0.4) is 0 Å². The van der Waals surface area contributed by atoms with Crippen LogP contribution in [0.4, 0.5) is 5.69 Å². The highest BCUT2D eigenvalue weighted by Gasteiger charge is 2.11. The van der Waals surface area contributed by atoms with E-state index in [1.807, 2.05) is 36.7 Å². The Balaban J connectivity index is 1.53. The van der Waals surface area contributed by atoms with Crippen LogP contribution < -0.4 is 5.32 Å². The van der Waals surface area contributed by atoms with Gasteiger partial charge in [0.05, 0.1) is 23.8 Å². The van der Waals surface area contributed by atoms with E-state index in [-0.39, 0.29) is 11.9 Å². The molecular weight excluding hydrogens is 330 g/mol. The minimum atomic E-state index is -0.201. The third-order valence-electron chi connectivity index (χ3n) is 3.99. The molecule has 8 nitrogen and oxygen atoms in total. The molecule has 1 N–H and O–H groups in total. The molecule has 4 rings (SSSR count). The van der Waals surface area contributed by atoms with Crippen LogP contribution in [0.5, 0.6) is 0 Å². The molecule has 0 aliphatic carbocycles. The highest BCUT2D eigenvalue weighted by molar-refractivity contribution is 6.04. The van der Waals surface area contributed by atoms with E-state index in [9.17, 15) is 4.79 Å². The Hall–Kier alpha value is -3.55. The highest BCUT2D eigenvalue weighted by Crippen LogP contribution is 2.19. The summed E-state index contributed by atoms with van der Waals surface area (Å²) in [4.78, 5) is 20.8. The lowest BCUT2D eigenvalue weighted by molar-refractivity contribution is 0.102. The summed E-state index contributed by atoms with van der Waals surface area (Å²) in [6, 6.07) is 9.22. The number of anilines is 1. The molecule has 3 aromatic heterocycles. The number of pyridine rings is 1. The molecule has 1 aromatic carbocycles. The van der Waals surface area contributed by atoms with Gasteiger partial charge >= 0.3 is 0 Å². The monoisotopic (exact) mass is 347 g/mol. The molecule has 8 heteroatoms. The molecule has 3 heterocycles. The van der Waals surface area contributed by atoms with E-state index in [2.05, 4.69) is 25.5 Å². The molecular formula is C18H17N7O. The molecule has 0 aliphatic heterocycles. The van der Waals surface area contributed by atoms with Crippen molar-refractivity contribution in [3.05, 3.63) is 60.9 Å². The number of nitrogens with one attached hydrogen (secondary N) is 1. The van der Waals surface area contributed by atoms with Gasteiger partial charge in [-0.1, -0.05) is 0 Å². The molecule has 26 heavy (non-hydrogen) atoms. The summed E-state index contributed by atoms with van der Waals surface area (Å²) in [5.41, 5.74) is 2.82. The van der Waals surface area contributed by atoms with Crippen molar-refractivity contribution in [3.8, 4) is 5.69 Å². The average molecular weight is 347 g/mol. The molecule has 0 unspecified atom stereocenters. The standard InChI is InChI=1S/C18H17N7O/c1-12(2)25-17-14(8-21-25)7-15(9-20-17)23-18(26)13-3-5-16(6-4-13)24-11-19-10-22-24/h3-12H,1-2H3,(H,23,26). The number of nitrogens with zero attached hydrogens (tertiary/aromatic N) is 6. The summed E-state index contributed by atoms with van der Waals surface area (Å²) in [5.74, 6) is -0.201. The smallest absolute Gasteiger partial charge is 0.255 e. The Morgan fingerprint density at radius 1 is 1.12 bits per heavy atom. The van der Waals surface area contributed by atoms with Gasteiger partial charge in [-0.3, -0.25) is 4.79 Å². The fourth-order valence-electron chi connectivity index (χ4n) is 2.70.